The Bertz CT molecular complexity index is 1280. The molecular formula is C28H25NO3. The summed E-state index contributed by atoms with van der Waals surface area (Å²) in [5.41, 5.74) is 4.19. The summed E-state index contributed by atoms with van der Waals surface area (Å²) in [6.07, 6.45) is 0.372. The average Bonchev–Trinajstić information content (AvgIpc) is 2.85. The van der Waals surface area contributed by atoms with Crippen molar-refractivity contribution in [3.63, 3.8) is 0 Å². The van der Waals surface area contributed by atoms with Gasteiger partial charge in [0.15, 0.2) is 11.5 Å². The van der Waals surface area contributed by atoms with Crippen LogP contribution in [0.2, 0.25) is 0 Å². The Morgan fingerprint density at radius 1 is 0.844 bits per heavy atom. The van der Waals surface area contributed by atoms with Crippen LogP contribution in [0.15, 0.2) is 84.9 Å². The van der Waals surface area contributed by atoms with Crippen molar-refractivity contribution in [2.45, 2.75) is 18.9 Å². The summed E-state index contributed by atoms with van der Waals surface area (Å²) in [7, 11) is 3.29. The number of anilines is 1. The predicted octanol–water partition coefficient (Wildman–Crippen LogP) is 5.93. The molecule has 1 aliphatic heterocycles. The van der Waals surface area contributed by atoms with E-state index in [9.17, 15) is 4.79 Å². The van der Waals surface area contributed by atoms with Gasteiger partial charge in [0, 0.05) is 23.6 Å². The van der Waals surface area contributed by atoms with Crippen LogP contribution in [0.1, 0.15) is 29.0 Å². The SMILES string of the molecule is COc1cccc(C2CC(=O)N(Cc3ccccc3)c3ccc4ccccc4c32)c1OC. The number of para-hydroxylation sites is 1. The molecule has 4 aromatic carbocycles. The van der Waals surface area contributed by atoms with Crippen LogP contribution < -0.4 is 14.4 Å². The molecule has 0 fully saturated rings. The van der Waals surface area contributed by atoms with E-state index < -0.39 is 0 Å². The molecule has 0 radical (unpaired) electrons. The molecule has 0 saturated heterocycles. The minimum atomic E-state index is -0.124. The van der Waals surface area contributed by atoms with E-state index in [0.717, 1.165) is 33.2 Å². The first-order valence-corrected chi connectivity index (χ1v) is 10.8. The van der Waals surface area contributed by atoms with Gasteiger partial charge in [-0.2, -0.15) is 0 Å². The number of ether oxygens (including phenoxy) is 2. The largest absolute Gasteiger partial charge is 0.493 e. The Kier molecular flexibility index (Phi) is 5.28. The number of benzene rings is 4. The van der Waals surface area contributed by atoms with Crippen LogP contribution >= 0.6 is 0 Å². The monoisotopic (exact) mass is 423 g/mol. The number of nitrogens with zero attached hydrogens (tertiary/aromatic N) is 1. The number of methoxy groups -OCH3 is 2. The van der Waals surface area contributed by atoms with Gasteiger partial charge >= 0.3 is 0 Å². The summed E-state index contributed by atoms with van der Waals surface area (Å²) in [6.45, 7) is 0.549. The first kappa shape index (κ1) is 20.1. The van der Waals surface area contributed by atoms with Crippen LogP contribution in [-0.4, -0.2) is 20.1 Å². The zero-order valence-electron chi connectivity index (χ0n) is 18.2. The Morgan fingerprint density at radius 2 is 1.62 bits per heavy atom. The lowest BCUT2D eigenvalue weighted by Gasteiger charge is -2.36. The van der Waals surface area contributed by atoms with Gasteiger partial charge in [-0.1, -0.05) is 72.8 Å². The number of carbonyl (C=O) groups is 1. The van der Waals surface area contributed by atoms with Crippen molar-refractivity contribution in [1.29, 1.82) is 0 Å². The maximum atomic E-state index is 13.5. The molecule has 0 spiro atoms. The summed E-state index contributed by atoms with van der Waals surface area (Å²) in [5.74, 6) is 1.33. The molecule has 5 rings (SSSR count). The quantitative estimate of drug-likeness (QED) is 0.400. The molecule has 1 aliphatic rings. The second kappa shape index (κ2) is 8.39. The Labute approximate surface area is 188 Å². The van der Waals surface area contributed by atoms with Crippen molar-refractivity contribution in [3.05, 3.63) is 102 Å². The maximum absolute atomic E-state index is 13.5. The van der Waals surface area contributed by atoms with Crippen molar-refractivity contribution >= 4 is 22.4 Å². The normalized spacial score (nSPS) is 15.5. The van der Waals surface area contributed by atoms with Crippen LogP contribution in [0.3, 0.4) is 0 Å². The Morgan fingerprint density at radius 3 is 2.41 bits per heavy atom. The van der Waals surface area contributed by atoms with Gasteiger partial charge in [0.05, 0.1) is 20.8 Å². The van der Waals surface area contributed by atoms with E-state index in [1.807, 2.05) is 47.4 Å². The third-order valence-electron chi connectivity index (χ3n) is 6.26. The van der Waals surface area contributed by atoms with Crippen LogP contribution in [0.25, 0.3) is 10.8 Å². The average molecular weight is 424 g/mol. The Balaban J connectivity index is 1.72. The molecule has 1 unspecified atom stereocenters. The zero-order chi connectivity index (χ0) is 22.1. The molecule has 0 bridgehead atoms. The van der Waals surface area contributed by atoms with Gasteiger partial charge in [-0.3, -0.25) is 4.79 Å². The fourth-order valence-corrected chi connectivity index (χ4v) is 4.80. The number of rotatable bonds is 5. The number of hydrogen-bond donors (Lipinski definition) is 0. The lowest BCUT2D eigenvalue weighted by Crippen LogP contribution is -2.36. The van der Waals surface area contributed by atoms with Crippen molar-refractivity contribution in [2.24, 2.45) is 0 Å². The van der Waals surface area contributed by atoms with Crippen LogP contribution in [-0.2, 0) is 11.3 Å². The predicted molar refractivity (Wildman–Crippen MR) is 128 cm³/mol. The van der Waals surface area contributed by atoms with Crippen molar-refractivity contribution < 1.29 is 14.3 Å². The molecule has 32 heavy (non-hydrogen) atoms. The van der Waals surface area contributed by atoms with E-state index in [-0.39, 0.29) is 11.8 Å². The summed E-state index contributed by atoms with van der Waals surface area (Å²) >= 11 is 0. The van der Waals surface area contributed by atoms with Crippen LogP contribution in [0.4, 0.5) is 5.69 Å². The number of amides is 1. The minimum absolute atomic E-state index is 0.103. The topological polar surface area (TPSA) is 38.8 Å². The second-order valence-electron chi connectivity index (χ2n) is 8.02. The van der Waals surface area contributed by atoms with Gasteiger partial charge in [-0.15, -0.1) is 0 Å². The third-order valence-corrected chi connectivity index (χ3v) is 6.26. The van der Waals surface area contributed by atoms with Crippen molar-refractivity contribution in [3.8, 4) is 11.5 Å². The highest BCUT2D eigenvalue weighted by Crippen LogP contribution is 2.48. The van der Waals surface area contributed by atoms with Crippen molar-refractivity contribution in [1.82, 2.24) is 0 Å². The highest BCUT2D eigenvalue weighted by Gasteiger charge is 2.35. The first-order valence-electron chi connectivity index (χ1n) is 10.8. The van der Waals surface area contributed by atoms with Crippen LogP contribution in [0.5, 0.6) is 11.5 Å². The van der Waals surface area contributed by atoms with E-state index in [4.69, 9.17) is 9.47 Å². The molecule has 1 atom stereocenters. The molecule has 0 aliphatic carbocycles. The maximum Gasteiger partial charge on any atom is 0.228 e. The van der Waals surface area contributed by atoms with Gasteiger partial charge < -0.3 is 14.4 Å². The summed E-state index contributed by atoms with van der Waals surface area (Å²) in [5, 5.41) is 2.32. The summed E-state index contributed by atoms with van der Waals surface area (Å²) in [6, 6.07) is 28.6. The lowest BCUT2D eigenvalue weighted by molar-refractivity contribution is -0.119. The van der Waals surface area contributed by atoms with E-state index >= 15 is 0 Å². The van der Waals surface area contributed by atoms with Crippen molar-refractivity contribution in [2.75, 3.05) is 19.1 Å². The molecule has 1 amide bonds. The minimum Gasteiger partial charge on any atom is -0.493 e. The Hall–Kier alpha value is -3.79. The molecule has 0 aromatic heterocycles. The van der Waals surface area contributed by atoms with Crippen LogP contribution in [0, 0.1) is 0 Å². The summed E-state index contributed by atoms with van der Waals surface area (Å²) in [4.78, 5) is 15.4. The van der Waals surface area contributed by atoms with E-state index in [1.54, 1.807) is 14.2 Å². The molecule has 0 N–H and O–H groups in total. The zero-order valence-corrected chi connectivity index (χ0v) is 18.2. The molecule has 4 nitrogen and oxygen atoms in total. The standard InChI is InChI=1S/C28H25NO3/c1-31-25-14-8-13-22(28(25)32-2)23-17-26(30)29(18-19-9-4-3-5-10-19)24-16-15-20-11-6-7-12-21(20)27(23)24/h3-16,23H,17-18H2,1-2H3. The fraction of sp³-hybridized carbons (Fsp3) is 0.179. The smallest absolute Gasteiger partial charge is 0.228 e. The van der Waals surface area contributed by atoms with Gasteiger partial charge in [0.2, 0.25) is 5.91 Å². The number of fused-ring (bicyclic) bond motifs is 3. The lowest BCUT2D eigenvalue weighted by atomic mass is 9.80. The van der Waals surface area contributed by atoms with Gasteiger partial charge in [0.1, 0.15) is 0 Å². The van der Waals surface area contributed by atoms with Gasteiger partial charge in [-0.05, 0) is 34.0 Å². The molecule has 160 valence electrons. The fourth-order valence-electron chi connectivity index (χ4n) is 4.80. The van der Waals surface area contributed by atoms with E-state index in [1.165, 1.54) is 0 Å². The molecule has 0 saturated carbocycles. The van der Waals surface area contributed by atoms with E-state index in [2.05, 4.69) is 42.5 Å². The highest BCUT2D eigenvalue weighted by atomic mass is 16.5. The number of carbonyl (C=O) groups excluding carboxylic acids is 1. The first-order chi connectivity index (χ1) is 15.7. The highest BCUT2D eigenvalue weighted by molar-refractivity contribution is 6.03. The third kappa shape index (κ3) is 3.38. The molecule has 1 heterocycles. The summed E-state index contributed by atoms with van der Waals surface area (Å²) < 4.78 is 11.3. The number of hydrogen-bond acceptors (Lipinski definition) is 3. The van der Waals surface area contributed by atoms with Gasteiger partial charge in [-0.25, -0.2) is 0 Å². The van der Waals surface area contributed by atoms with Gasteiger partial charge in [0.25, 0.3) is 0 Å². The molecular weight excluding hydrogens is 398 g/mol. The molecule has 4 aromatic rings. The second-order valence-corrected chi connectivity index (χ2v) is 8.02. The van der Waals surface area contributed by atoms with E-state index in [0.29, 0.717) is 24.5 Å². The molecule has 4 heteroatoms.